The highest BCUT2D eigenvalue weighted by Crippen LogP contribution is 2.47. The van der Waals surface area contributed by atoms with Crippen LogP contribution in [0.5, 0.6) is 0 Å². The van der Waals surface area contributed by atoms with E-state index in [0.29, 0.717) is 12.3 Å². The van der Waals surface area contributed by atoms with Crippen LogP contribution in [0.2, 0.25) is 0 Å². The Kier molecular flexibility index (Phi) is 3.95. The molecule has 3 unspecified atom stereocenters. The largest absolute Gasteiger partial charge is 0.478 e. The first-order valence-electron chi connectivity index (χ1n) is 7.70. The number of amides is 1. The lowest BCUT2D eigenvalue weighted by Gasteiger charge is -2.21. The third-order valence-corrected chi connectivity index (χ3v) is 5.01. The van der Waals surface area contributed by atoms with Crippen molar-refractivity contribution in [2.45, 2.75) is 32.1 Å². The minimum absolute atomic E-state index is 0.0286. The van der Waals surface area contributed by atoms with Gasteiger partial charge in [0.25, 0.3) is 0 Å². The molecule has 2 aliphatic rings. The number of carboxylic acids is 1. The van der Waals surface area contributed by atoms with Gasteiger partial charge in [-0.05, 0) is 54.7 Å². The number of hydrogen-bond acceptors (Lipinski definition) is 2. The van der Waals surface area contributed by atoms with Crippen molar-refractivity contribution in [3.63, 3.8) is 0 Å². The zero-order valence-corrected chi connectivity index (χ0v) is 12.0. The first kappa shape index (κ1) is 14.1. The Morgan fingerprint density at radius 1 is 1.14 bits per heavy atom. The molecule has 2 fully saturated rings. The number of nitrogens with one attached hydrogen (secondary N) is 1. The van der Waals surface area contributed by atoms with Gasteiger partial charge in [0.05, 0.1) is 12.0 Å². The van der Waals surface area contributed by atoms with Gasteiger partial charge in [-0.15, -0.1) is 0 Å². The van der Waals surface area contributed by atoms with Crippen LogP contribution in [-0.2, 0) is 11.2 Å². The molecule has 4 heteroatoms. The summed E-state index contributed by atoms with van der Waals surface area (Å²) in [6.07, 6.45) is 5.67. The Morgan fingerprint density at radius 2 is 1.90 bits per heavy atom. The average molecular weight is 287 g/mol. The smallest absolute Gasteiger partial charge is 0.335 e. The molecule has 3 atom stereocenters. The molecule has 0 aliphatic heterocycles. The van der Waals surface area contributed by atoms with Gasteiger partial charge in [0.2, 0.25) is 5.91 Å². The van der Waals surface area contributed by atoms with Crippen molar-refractivity contribution in [2.75, 3.05) is 6.54 Å². The number of rotatable bonds is 5. The number of fused-ring (bicyclic) bond motifs is 2. The van der Waals surface area contributed by atoms with Gasteiger partial charge in [-0.2, -0.15) is 0 Å². The summed E-state index contributed by atoms with van der Waals surface area (Å²) in [5.74, 6) is 1.48. The van der Waals surface area contributed by atoms with Crippen LogP contribution < -0.4 is 5.32 Å². The Bertz CT molecular complexity index is 537. The lowest BCUT2D eigenvalue weighted by atomic mass is 9.89. The van der Waals surface area contributed by atoms with E-state index in [0.717, 1.165) is 23.9 Å². The molecule has 112 valence electrons. The van der Waals surface area contributed by atoms with Gasteiger partial charge in [-0.1, -0.05) is 18.6 Å². The summed E-state index contributed by atoms with van der Waals surface area (Å²) in [7, 11) is 0. The Labute approximate surface area is 124 Å². The monoisotopic (exact) mass is 287 g/mol. The van der Waals surface area contributed by atoms with Gasteiger partial charge in [-0.3, -0.25) is 4.79 Å². The van der Waals surface area contributed by atoms with E-state index in [1.54, 1.807) is 24.3 Å². The van der Waals surface area contributed by atoms with E-state index in [-0.39, 0.29) is 11.5 Å². The summed E-state index contributed by atoms with van der Waals surface area (Å²) in [6.45, 7) is 0.799. The molecule has 1 aromatic rings. The van der Waals surface area contributed by atoms with Crippen LogP contribution in [0.1, 0.15) is 41.6 Å². The summed E-state index contributed by atoms with van der Waals surface area (Å²) in [6, 6.07) is 6.50. The van der Waals surface area contributed by atoms with Gasteiger partial charge in [0.15, 0.2) is 0 Å². The number of carboxylic acid groups (broad SMARTS) is 1. The molecule has 2 N–H and O–H groups in total. The van der Waals surface area contributed by atoms with Crippen molar-refractivity contribution in [1.29, 1.82) is 0 Å². The Morgan fingerprint density at radius 3 is 2.48 bits per heavy atom. The van der Waals surface area contributed by atoms with Crippen molar-refractivity contribution in [2.24, 2.45) is 17.8 Å². The second kappa shape index (κ2) is 5.88. The lowest BCUT2D eigenvalue weighted by Crippen LogP contribution is -2.32. The maximum absolute atomic E-state index is 12.0. The number of benzene rings is 1. The van der Waals surface area contributed by atoms with E-state index in [2.05, 4.69) is 5.32 Å². The molecule has 0 radical (unpaired) electrons. The fourth-order valence-corrected chi connectivity index (χ4v) is 3.88. The molecule has 2 bridgehead atoms. The molecule has 0 heterocycles. The third-order valence-electron chi connectivity index (χ3n) is 5.01. The van der Waals surface area contributed by atoms with Crippen LogP contribution in [-0.4, -0.2) is 23.5 Å². The predicted octanol–water partition coefficient (Wildman–Crippen LogP) is 2.48. The molecule has 0 saturated heterocycles. The topological polar surface area (TPSA) is 66.4 Å². The van der Waals surface area contributed by atoms with Crippen molar-refractivity contribution in [1.82, 2.24) is 5.32 Å². The van der Waals surface area contributed by atoms with Gasteiger partial charge in [-0.25, -0.2) is 4.79 Å². The van der Waals surface area contributed by atoms with E-state index < -0.39 is 5.97 Å². The lowest BCUT2D eigenvalue weighted by molar-refractivity contribution is -0.120. The molecular weight excluding hydrogens is 266 g/mol. The van der Waals surface area contributed by atoms with Crippen LogP contribution in [0.4, 0.5) is 0 Å². The van der Waals surface area contributed by atoms with E-state index >= 15 is 0 Å². The fourth-order valence-electron chi connectivity index (χ4n) is 3.88. The Balaban J connectivity index is 1.46. The standard InChI is InChI=1S/C17H21NO3/c19-16(9-11-1-4-13(5-2-11)17(20)21)18-10-15-8-12-3-6-14(15)7-12/h1-2,4-5,12,14-15H,3,6-10H2,(H,18,19)(H,20,21). The summed E-state index contributed by atoms with van der Waals surface area (Å²) < 4.78 is 0. The summed E-state index contributed by atoms with van der Waals surface area (Å²) in [5.41, 5.74) is 1.10. The van der Waals surface area contributed by atoms with Gasteiger partial charge in [0, 0.05) is 6.54 Å². The van der Waals surface area contributed by atoms with Crippen LogP contribution in [0, 0.1) is 17.8 Å². The fraction of sp³-hybridized carbons (Fsp3) is 0.529. The van der Waals surface area contributed by atoms with Crippen molar-refractivity contribution in [3.05, 3.63) is 35.4 Å². The van der Waals surface area contributed by atoms with Gasteiger partial charge < -0.3 is 10.4 Å². The number of carbonyl (C=O) groups is 2. The first-order valence-corrected chi connectivity index (χ1v) is 7.70. The normalized spacial score (nSPS) is 26.8. The van der Waals surface area contributed by atoms with Crippen molar-refractivity contribution in [3.8, 4) is 0 Å². The third kappa shape index (κ3) is 3.26. The highest BCUT2D eigenvalue weighted by Gasteiger charge is 2.39. The van der Waals surface area contributed by atoms with Crippen molar-refractivity contribution < 1.29 is 14.7 Å². The second-order valence-electron chi connectivity index (χ2n) is 6.42. The van der Waals surface area contributed by atoms with E-state index in [4.69, 9.17) is 5.11 Å². The second-order valence-corrected chi connectivity index (χ2v) is 6.42. The van der Waals surface area contributed by atoms with E-state index in [1.807, 2.05) is 0 Å². The quantitative estimate of drug-likeness (QED) is 0.874. The molecule has 1 aromatic carbocycles. The molecule has 2 aliphatic carbocycles. The summed E-state index contributed by atoms with van der Waals surface area (Å²) >= 11 is 0. The zero-order valence-electron chi connectivity index (χ0n) is 12.0. The number of carbonyl (C=O) groups excluding carboxylic acids is 1. The highest BCUT2D eigenvalue weighted by molar-refractivity contribution is 5.87. The maximum atomic E-state index is 12.0. The molecule has 4 nitrogen and oxygen atoms in total. The maximum Gasteiger partial charge on any atom is 0.335 e. The zero-order chi connectivity index (χ0) is 14.8. The predicted molar refractivity (Wildman–Crippen MR) is 79.1 cm³/mol. The van der Waals surface area contributed by atoms with Gasteiger partial charge in [0.1, 0.15) is 0 Å². The molecule has 3 rings (SSSR count). The number of hydrogen-bond donors (Lipinski definition) is 2. The first-order chi connectivity index (χ1) is 10.1. The molecule has 21 heavy (non-hydrogen) atoms. The summed E-state index contributed by atoms with van der Waals surface area (Å²) in [4.78, 5) is 22.7. The molecule has 2 saturated carbocycles. The average Bonchev–Trinajstić information content (AvgIpc) is 3.08. The minimum Gasteiger partial charge on any atom is -0.478 e. The van der Waals surface area contributed by atoms with Crippen LogP contribution in [0.25, 0.3) is 0 Å². The SMILES string of the molecule is O=C(Cc1ccc(C(=O)O)cc1)NCC1CC2CCC1C2. The van der Waals surface area contributed by atoms with Gasteiger partial charge >= 0.3 is 5.97 Å². The summed E-state index contributed by atoms with van der Waals surface area (Å²) in [5, 5.41) is 11.9. The minimum atomic E-state index is -0.942. The number of aromatic carboxylic acids is 1. The van der Waals surface area contributed by atoms with E-state index in [1.165, 1.54) is 25.7 Å². The molecular formula is C17H21NO3. The van der Waals surface area contributed by atoms with Crippen LogP contribution >= 0.6 is 0 Å². The van der Waals surface area contributed by atoms with Crippen molar-refractivity contribution >= 4 is 11.9 Å². The molecule has 0 aromatic heterocycles. The molecule has 1 amide bonds. The Hall–Kier alpha value is -1.84. The van der Waals surface area contributed by atoms with Crippen LogP contribution in [0.3, 0.4) is 0 Å². The van der Waals surface area contributed by atoms with E-state index in [9.17, 15) is 9.59 Å². The molecule has 0 spiro atoms. The highest BCUT2D eigenvalue weighted by atomic mass is 16.4. The van der Waals surface area contributed by atoms with Crippen LogP contribution in [0.15, 0.2) is 24.3 Å².